The van der Waals surface area contributed by atoms with Crippen LogP contribution in [0.1, 0.15) is 41.5 Å². The zero-order chi connectivity index (χ0) is 13.9. The first-order valence-electron chi connectivity index (χ1n) is 6.00. The van der Waals surface area contributed by atoms with Crippen LogP contribution in [0.15, 0.2) is 34.9 Å². The molecule has 0 aliphatic rings. The Kier molecular flexibility index (Phi) is 5.60. The molecule has 0 saturated heterocycles. The van der Waals surface area contributed by atoms with Crippen molar-refractivity contribution in [1.29, 1.82) is 0 Å². The standard InChI is InChI=1S/C15H27NS/c1-9-12(16-8)13(17)10-11(2)15(6,7)14(3,4)5/h9-10,16-17H,1H2,2-8H3/b11-10+,13-12-. The Morgan fingerprint density at radius 1 is 1.18 bits per heavy atom. The van der Waals surface area contributed by atoms with E-state index in [4.69, 9.17) is 0 Å². The summed E-state index contributed by atoms with van der Waals surface area (Å²) < 4.78 is 0. The Bertz CT molecular complexity index is 340. The van der Waals surface area contributed by atoms with Gasteiger partial charge in [-0.05, 0) is 29.9 Å². The summed E-state index contributed by atoms with van der Waals surface area (Å²) in [5.74, 6) is 0. The van der Waals surface area contributed by atoms with Gasteiger partial charge in [0.2, 0.25) is 0 Å². The molecule has 0 rings (SSSR count). The highest BCUT2D eigenvalue weighted by molar-refractivity contribution is 7.84. The van der Waals surface area contributed by atoms with Crippen LogP contribution in [0.2, 0.25) is 0 Å². The van der Waals surface area contributed by atoms with E-state index < -0.39 is 0 Å². The molecule has 0 atom stereocenters. The maximum Gasteiger partial charge on any atom is 0.0467 e. The van der Waals surface area contributed by atoms with Crippen molar-refractivity contribution in [2.75, 3.05) is 7.05 Å². The molecule has 17 heavy (non-hydrogen) atoms. The van der Waals surface area contributed by atoms with Crippen molar-refractivity contribution in [3.05, 3.63) is 34.9 Å². The van der Waals surface area contributed by atoms with Crippen LogP contribution in [-0.2, 0) is 0 Å². The first kappa shape index (κ1) is 16.4. The minimum absolute atomic E-state index is 0.126. The Balaban J connectivity index is 5.39. The SMILES string of the molecule is C=C/C(NC)=C(S)\C=C(/C)C(C)(C)C(C)(C)C. The Morgan fingerprint density at radius 3 is 1.94 bits per heavy atom. The smallest absolute Gasteiger partial charge is 0.0467 e. The normalized spacial score (nSPS) is 15.4. The molecule has 0 amide bonds. The minimum Gasteiger partial charge on any atom is -0.387 e. The summed E-state index contributed by atoms with van der Waals surface area (Å²) in [5, 5.41) is 3.09. The van der Waals surface area contributed by atoms with Crippen LogP contribution in [0.25, 0.3) is 0 Å². The lowest BCUT2D eigenvalue weighted by molar-refractivity contribution is 0.177. The van der Waals surface area contributed by atoms with Gasteiger partial charge in [-0.1, -0.05) is 46.8 Å². The molecule has 0 aromatic heterocycles. The first-order valence-corrected chi connectivity index (χ1v) is 6.45. The van der Waals surface area contributed by atoms with E-state index >= 15 is 0 Å². The number of likely N-dealkylation sites (N-methyl/N-ethyl adjacent to an activating group) is 1. The fraction of sp³-hybridized carbons (Fsp3) is 0.600. The van der Waals surface area contributed by atoms with Gasteiger partial charge in [0.25, 0.3) is 0 Å². The maximum atomic E-state index is 4.52. The van der Waals surface area contributed by atoms with Gasteiger partial charge in [0.15, 0.2) is 0 Å². The van der Waals surface area contributed by atoms with Gasteiger partial charge in [-0.3, -0.25) is 0 Å². The zero-order valence-corrected chi connectivity index (χ0v) is 13.2. The Hall–Kier alpha value is -0.630. The van der Waals surface area contributed by atoms with Crippen molar-refractivity contribution >= 4 is 12.6 Å². The van der Waals surface area contributed by atoms with Crippen LogP contribution < -0.4 is 5.32 Å². The predicted molar refractivity (Wildman–Crippen MR) is 82.3 cm³/mol. The summed E-state index contributed by atoms with van der Waals surface area (Å²) in [5.41, 5.74) is 2.62. The third-order valence-corrected chi connectivity index (χ3v) is 4.33. The van der Waals surface area contributed by atoms with Crippen LogP contribution >= 0.6 is 12.6 Å². The van der Waals surface area contributed by atoms with Crippen molar-refractivity contribution in [3.63, 3.8) is 0 Å². The molecule has 0 bridgehead atoms. The molecule has 0 aromatic carbocycles. The fourth-order valence-corrected chi connectivity index (χ4v) is 1.79. The minimum atomic E-state index is 0.126. The molecule has 0 fully saturated rings. The lowest BCUT2D eigenvalue weighted by Crippen LogP contribution is -2.30. The topological polar surface area (TPSA) is 12.0 Å². The van der Waals surface area contributed by atoms with E-state index in [9.17, 15) is 0 Å². The van der Waals surface area contributed by atoms with E-state index in [1.54, 1.807) is 6.08 Å². The molecule has 98 valence electrons. The number of hydrogen-bond acceptors (Lipinski definition) is 2. The fourth-order valence-electron chi connectivity index (χ4n) is 1.39. The summed E-state index contributed by atoms with van der Waals surface area (Å²) in [6.45, 7) is 17.3. The molecule has 0 aromatic rings. The lowest BCUT2D eigenvalue weighted by atomic mass is 9.65. The molecular weight excluding hydrogens is 226 g/mol. The second-order valence-electron chi connectivity index (χ2n) is 5.96. The number of rotatable bonds is 4. The van der Waals surface area contributed by atoms with Crippen LogP contribution in [0.5, 0.6) is 0 Å². The van der Waals surface area contributed by atoms with E-state index in [0.29, 0.717) is 0 Å². The largest absolute Gasteiger partial charge is 0.387 e. The van der Waals surface area contributed by atoms with Gasteiger partial charge < -0.3 is 5.32 Å². The number of thiol groups is 1. The number of allylic oxidation sites excluding steroid dienone is 3. The van der Waals surface area contributed by atoms with Crippen molar-refractivity contribution in [1.82, 2.24) is 5.32 Å². The molecule has 1 N–H and O–H groups in total. The molecule has 0 heterocycles. The van der Waals surface area contributed by atoms with Crippen molar-refractivity contribution in [3.8, 4) is 0 Å². The first-order chi connectivity index (χ1) is 7.57. The molecule has 0 saturated carbocycles. The highest BCUT2D eigenvalue weighted by atomic mass is 32.1. The molecule has 0 unspecified atom stereocenters. The summed E-state index contributed by atoms with van der Waals surface area (Å²) >= 11 is 4.52. The second kappa shape index (κ2) is 5.81. The molecule has 0 aliphatic carbocycles. The van der Waals surface area contributed by atoms with Gasteiger partial charge >= 0.3 is 0 Å². The van der Waals surface area contributed by atoms with Crippen LogP contribution in [0, 0.1) is 10.8 Å². The summed E-state index contributed by atoms with van der Waals surface area (Å²) in [7, 11) is 1.88. The third-order valence-electron chi connectivity index (χ3n) is 3.96. The van der Waals surface area contributed by atoms with Gasteiger partial charge in [-0.15, -0.1) is 12.6 Å². The van der Waals surface area contributed by atoms with Gasteiger partial charge in [-0.2, -0.15) is 0 Å². The van der Waals surface area contributed by atoms with Gasteiger partial charge in [0.05, 0.1) is 0 Å². The average Bonchev–Trinajstić information content (AvgIpc) is 2.17. The second-order valence-corrected chi connectivity index (χ2v) is 6.44. The molecule has 0 radical (unpaired) electrons. The highest BCUT2D eigenvalue weighted by Gasteiger charge is 2.34. The number of nitrogens with one attached hydrogen (secondary N) is 1. The Labute approximate surface area is 112 Å². The average molecular weight is 253 g/mol. The van der Waals surface area contributed by atoms with E-state index in [1.807, 2.05) is 7.05 Å². The van der Waals surface area contributed by atoms with Crippen molar-refractivity contribution in [2.45, 2.75) is 41.5 Å². The zero-order valence-electron chi connectivity index (χ0n) is 12.3. The van der Waals surface area contributed by atoms with Crippen LogP contribution in [0.4, 0.5) is 0 Å². The van der Waals surface area contributed by atoms with Gasteiger partial charge in [0, 0.05) is 17.6 Å². The van der Waals surface area contributed by atoms with E-state index in [0.717, 1.165) is 10.6 Å². The number of hydrogen-bond donors (Lipinski definition) is 2. The molecule has 0 aliphatic heterocycles. The molecule has 2 heteroatoms. The molecule has 0 spiro atoms. The summed E-state index contributed by atoms with van der Waals surface area (Å²) in [4.78, 5) is 0.928. The van der Waals surface area contributed by atoms with E-state index in [-0.39, 0.29) is 10.8 Å². The summed E-state index contributed by atoms with van der Waals surface area (Å²) in [6, 6.07) is 0. The van der Waals surface area contributed by atoms with Gasteiger partial charge in [0.1, 0.15) is 0 Å². The predicted octanol–water partition coefficient (Wildman–Crippen LogP) is 4.55. The van der Waals surface area contributed by atoms with Crippen molar-refractivity contribution < 1.29 is 0 Å². The Morgan fingerprint density at radius 2 is 1.65 bits per heavy atom. The molecule has 1 nitrogen and oxygen atoms in total. The lowest BCUT2D eigenvalue weighted by Gasteiger charge is -2.40. The highest BCUT2D eigenvalue weighted by Crippen LogP contribution is 2.44. The summed E-state index contributed by atoms with van der Waals surface area (Å²) in [6.07, 6.45) is 3.91. The maximum absolute atomic E-state index is 4.52. The monoisotopic (exact) mass is 253 g/mol. The van der Waals surface area contributed by atoms with E-state index in [1.165, 1.54) is 5.57 Å². The molecular formula is C15H27NS. The van der Waals surface area contributed by atoms with Gasteiger partial charge in [-0.25, -0.2) is 0 Å². The quantitative estimate of drug-likeness (QED) is 0.553. The van der Waals surface area contributed by atoms with E-state index in [2.05, 4.69) is 72.1 Å². The third kappa shape index (κ3) is 3.95. The van der Waals surface area contributed by atoms with Crippen LogP contribution in [0.3, 0.4) is 0 Å². The van der Waals surface area contributed by atoms with Crippen molar-refractivity contribution in [2.24, 2.45) is 10.8 Å². The van der Waals surface area contributed by atoms with Crippen LogP contribution in [-0.4, -0.2) is 7.05 Å².